The molecule has 0 unspecified atom stereocenters. The zero-order valence-electron chi connectivity index (χ0n) is 20.0. The first-order chi connectivity index (χ1) is 18.3. The van der Waals surface area contributed by atoms with Crippen LogP contribution in [0.15, 0.2) is 121 Å². The zero-order valence-corrected chi connectivity index (χ0v) is 20.0. The summed E-state index contributed by atoms with van der Waals surface area (Å²) in [5, 5.41) is 2.23. The molecule has 178 valence electrons. The highest BCUT2D eigenvalue weighted by Gasteiger charge is 2.45. The third-order valence-electron chi connectivity index (χ3n) is 7.68. The van der Waals surface area contributed by atoms with Gasteiger partial charge in [-0.1, -0.05) is 109 Å². The number of nitrogens with two attached hydrogens (primary N) is 2. The Morgan fingerprint density at radius 1 is 0.595 bits per heavy atom. The fourth-order valence-corrected chi connectivity index (χ4v) is 6.28. The summed E-state index contributed by atoms with van der Waals surface area (Å²) in [4.78, 5) is 0. The number of benzene rings is 5. The maximum atomic E-state index is 5.64. The van der Waals surface area contributed by atoms with Crippen LogP contribution >= 0.6 is 0 Å². The summed E-state index contributed by atoms with van der Waals surface area (Å²) in [5.41, 5.74) is 8.23. The van der Waals surface area contributed by atoms with Gasteiger partial charge in [0.2, 0.25) is 0 Å². The standard InChI is InChI=1S/C31H24BN3O2/c33-36-32(37-34)23-19-25-24-15-7-9-17-28(24)35-29-18-10-8-16-26(29)31(27(20-23)30(25)35,21-11-3-1-4-12-21)22-13-5-2-6-14-22/h1-20H,33-34H2. The van der Waals surface area contributed by atoms with Crippen LogP contribution in [0.25, 0.3) is 27.5 Å². The largest absolute Gasteiger partial charge is 0.528 e. The minimum atomic E-state index is -0.913. The molecule has 1 aliphatic heterocycles. The lowest BCUT2D eigenvalue weighted by atomic mass is 9.61. The van der Waals surface area contributed by atoms with Gasteiger partial charge in [0, 0.05) is 10.8 Å². The summed E-state index contributed by atoms with van der Waals surface area (Å²) in [6, 6.07) is 42.7. The third kappa shape index (κ3) is 2.95. The third-order valence-corrected chi connectivity index (χ3v) is 7.68. The van der Waals surface area contributed by atoms with Gasteiger partial charge in [-0.3, -0.25) is 0 Å². The summed E-state index contributed by atoms with van der Waals surface area (Å²) >= 11 is 0. The second-order valence-electron chi connectivity index (χ2n) is 9.42. The van der Waals surface area contributed by atoms with Crippen molar-refractivity contribution in [2.75, 3.05) is 0 Å². The fraction of sp³-hybridized carbons (Fsp3) is 0.0323. The number of hydrogen-bond acceptors (Lipinski definition) is 4. The quantitative estimate of drug-likeness (QED) is 0.269. The van der Waals surface area contributed by atoms with E-state index in [4.69, 9.17) is 21.3 Å². The Morgan fingerprint density at radius 3 is 1.86 bits per heavy atom. The number of nitrogens with zero attached hydrogens (tertiary/aromatic N) is 1. The Hall–Kier alpha value is -4.20. The van der Waals surface area contributed by atoms with Gasteiger partial charge in [0.05, 0.1) is 22.1 Å². The van der Waals surface area contributed by atoms with Gasteiger partial charge >= 0.3 is 7.12 Å². The smallest absolute Gasteiger partial charge is 0.324 e. The van der Waals surface area contributed by atoms with Crippen molar-refractivity contribution in [3.63, 3.8) is 0 Å². The number of fused-ring (bicyclic) bond motifs is 5. The highest BCUT2D eigenvalue weighted by Crippen LogP contribution is 2.53. The van der Waals surface area contributed by atoms with Gasteiger partial charge in [0.15, 0.2) is 0 Å². The van der Waals surface area contributed by atoms with E-state index < -0.39 is 12.5 Å². The first-order valence-electron chi connectivity index (χ1n) is 12.3. The Kier molecular flexibility index (Phi) is 5.03. The molecule has 0 saturated heterocycles. The number of rotatable bonds is 5. The first-order valence-corrected chi connectivity index (χ1v) is 12.3. The van der Waals surface area contributed by atoms with E-state index in [1.54, 1.807) is 0 Å². The molecule has 1 aromatic heterocycles. The molecule has 6 aromatic rings. The van der Waals surface area contributed by atoms with Gasteiger partial charge in [0.1, 0.15) is 0 Å². The van der Waals surface area contributed by atoms with Crippen LogP contribution in [0.4, 0.5) is 0 Å². The molecule has 0 saturated carbocycles. The van der Waals surface area contributed by atoms with Crippen LogP contribution in [0, 0.1) is 0 Å². The zero-order chi connectivity index (χ0) is 25.0. The van der Waals surface area contributed by atoms with Crippen molar-refractivity contribution < 1.29 is 9.51 Å². The molecule has 6 heteroatoms. The fourth-order valence-electron chi connectivity index (χ4n) is 6.28. The second kappa shape index (κ2) is 8.44. The number of aromatic nitrogens is 1. The molecule has 7 rings (SSSR count). The van der Waals surface area contributed by atoms with E-state index in [0.717, 1.165) is 38.5 Å². The maximum absolute atomic E-state index is 5.64. The average Bonchev–Trinajstić information content (AvgIpc) is 3.30. The van der Waals surface area contributed by atoms with E-state index in [-0.39, 0.29) is 0 Å². The van der Waals surface area contributed by atoms with Gasteiger partial charge in [-0.15, -0.1) is 0 Å². The van der Waals surface area contributed by atoms with E-state index in [2.05, 4.69) is 126 Å². The van der Waals surface area contributed by atoms with Crippen LogP contribution in [0.2, 0.25) is 0 Å². The van der Waals surface area contributed by atoms with Crippen molar-refractivity contribution in [2.24, 2.45) is 11.8 Å². The molecule has 0 radical (unpaired) electrons. The van der Waals surface area contributed by atoms with Crippen molar-refractivity contribution in [2.45, 2.75) is 5.41 Å². The van der Waals surface area contributed by atoms with E-state index in [1.807, 2.05) is 0 Å². The van der Waals surface area contributed by atoms with Gasteiger partial charge in [0.25, 0.3) is 0 Å². The lowest BCUT2D eigenvalue weighted by molar-refractivity contribution is 0.215. The van der Waals surface area contributed by atoms with Gasteiger partial charge in [-0.2, -0.15) is 0 Å². The highest BCUT2D eigenvalue weighted by molar-refractivity contribution is 6.61. The molecule has 5 nitrogen and oxygen atoms in total. The molecule has 4 N–H and O–H groups in total. The molecule has 0 spiro atoms. The SMILES string of the molecule is NOB(ON)c1cc2c3c(c1)c1ccccc1n3-c1ccccc1C2(c1ccccc1)c1ccccc1. The van der Waals surface area contributed by atoms with Crippen molar-refractivity contribution in [1.82, 2.24) is 4.57 Å². The number of para-hydroxylation sites is 2. The molecule has 1 aliphatic rings. The Morgan fingerprint density at radius 2 is 1.19 bits per heavy atom. The minimum absolute atomic E-state index is 0.606. The first kappa shape index (κ1) is 22.0. The minimum Gasteiger partial charge on any atom is -0.324 e. The summed E-state index contributed by atoms with van der Waals surface area (Å²) in [7, 11) is -0.913. The van der Waals surface area contributed by atoms with Gasteiger partial charge in [-0.05, 0) is 39.8 Å². The lowest BCUT2D eigenvalue weighted by Crippen LogP contribution is -2.43. The van der Waals surface area contributed by atoms with Gasteiger partial charge in [-0.25, -0.2) is 11.8 Å². The normalized spacial score (nSPS) is 13.6. The van der Waals surface area contributed by atoms with Crippen LogP contribution in [0.5, 0.6) is 0 Å². The molecule has 0 atom stereocenters. The monoisotopic (exact) mass is 481 g/mol. The molecule has 0 fully saturated rings. The van der Waals surface area contributed by atoms with Crippen LogP contribution in [0.3, 0.4) is 0 Å². The molecular formula is C31H24BN3O2. The Labute approximate surface area is 214 Å². The van der Waals surface area contributed by atoms with Crippen molar-refractivity contribution in [3.8, 4) is 5.69 Å². The van der Waals surface area contributed by atoms with E-state index in [0.29, 0.717) is 0 Å². The summed E-state index contributed by atoms with van der Waals surface area (Å²) < 4.78 is 12.7. The molecule has 0 amide bonds. The summed E-state index contributed by atoms with van der Waals surface area (Å²) in [6.07, 6.45) is 0. The molecule has 0 bridgehead atoms. The summed E-state index contributed by atoms with van der Waals surface area (Å²) in [6.45, 7) is 0. The van der Waals surface area contributed by atoms with Crippen molar-refractivity contribution in [3.05, 3.63) is 144 Å². The van der Waals surface area contributed by atoms with Crippen LogP contribution in [-0.2, 0) is 14.9 Å². The van der Waals surface area contributed by atoms with Crippen molar-refractivity contribution in [1.29, 1.82) is 0 Å². The maximum Gasteiger partial charge on any atom is 0.528 e. The molecular weight excluding hydrogens is 457 g/mol. The predicted molar refractivity (Wildman–Crippen MR) is 149 cm³/mol. The number of hydrogen-bond donors (Lipinski definition) is 2. The van der Waals surface area contributed by atoms with E-state index in [9.17, 15) is 0 Å². The molecule has 0 aliphatic carbocycles. The predicted octanol–water partition coefficient (Wildman–Crippen LogP) is 4.96. The Bertz CT molecular complexity index is 1720. The van der Waals surface area contributed by atoms with Crippen LogP contribution in [-0.4, -0.2) is 11.7 Å². The topological polar surface area (TPSA) is 75.4 Å². The summed E-state index contributed by atoms with van der Waals surface area (Å²) in [5.74, 6) is 11.3. The Balaban J connectivity index is 1.77. The molecule has 5 aromatic carbocycles. The van der Waals surface area contributed by atoms with Crippen LogP contribution < -0.4 is 17.3 Å². The molecule has 2 heterocycles. The van der Waals surface area contributed by atoms with Gasteiger partial charge < -0.3 is 14.1 Å². The second-order valence-corrected chi connectivity index (χ2v) is 9.42. The van der Waals surface area contributed by atoms with E-state index >= 15 is 0 Å². The molecule has 37 heavy (non-hydrogen) atoms. The van der Waals surface area contributed by atoms with E-state index in [1.165, 1.54) is 16.7 Å². The van der Waals surface area contributed by atoms with Crippen LogP contribution in [0.1, 0.15) is 22.3 Å². The average molecular weight is 481 g/mol. The highest BCUT2D eigenvalue weighted by atomic mass is 16.7. The lowest BCUT2D eigenvalue weighted by Gasteiger charge is -2.42. The van der Waals surface area contributed by atoms with Crippen molar-refractivity contribution >= 4 is 34.4 Å².